The number of hydrogen-bond acceptors (Lipinski definition) is 4. The highest BCUT2D eigenvalue weighted by Gasteiger charge is 2.30. The van der Waals surface area contributed by atoms with Gasteiger partial charge in [0.05, 0.1) is 5.69 Å². The van der Waals surface area contributed by atoms with Crippen LogP contribution in [0.1, 0.15) is 0 Å². The third-order valence-electron chi connectivity index (χ3n) is 2.49. The molecule has 0 spiro atoms. The van der Waals surface area contributed by atoms with Crippen LogP contribution < -0.4 is 9.04 Å². The van der Waals surface area contributed by atoms with Crippen LogP contribution in [0.15, 0.2) is 47.8 Å². The summed E-state index contributed by atoms with van der Waals surface area (Å²) in [5.41, 5.74) is 0.202. The lowest BCUT2D eigenvalue weighted by Gasteiger charge is -2.18. The second-order valence-electron chi connectivity index (χ2n) is 3.65. The summed E-state index contributed by atoms with van der Waals surface area (Å²) in [6.07, 6.45) is 2.56. The van der Waals surface area contributed by atoms with E-state index in [2.05, 4.69) is 4.98 Å². The second kappa shape index (κ2) is 5.02. The van der Waals surface area contributed by atoms with Crippen molar-refractivity contribution in [3.63, 3.8) is 0 Å². The minimum absolute atomic E-state index is 0.0435. The molecule has 0 aliphatic heterocycles. The summed E-state index contributed by atoms with van der Waals surface area (Å²) in [6.45, 7) is 0. The fraction of sp³-hybridized carbons (Fsp3) is 0.0909. The molecule has 6 nitrogen and oxygen atoms in total. The van der Waals surface area contributed by atoms with Gasteiger partial charge in [0.25, 0.3) is 0 Å². The highest BCUT2D eigenvalue weighted by atomic mass is 35.5. The van der Waals surface area contributed by atoms with E-state index >= 15 is 0 Å². The molecule has 2 aromatic rings. The summed E-state index contributed by atoms with van der Waals surface area (Å²) in [7, 11) is -2.68. The third kappa shape index (κ3) is 2.47. The number of sulfonamides is 1. The van der Waals surface area contributed by atoms with Crippen LogP contribution in [0.3, 0.4) is 0 Å². The summed E-state index contributed by atoms with van der Waals surface area (Å²) in [6, 6.07) is 7.21. The fourth-order valence-corrected chi connectivity index (χ4v) is 3.02. The summed E-state index contributed by atoms with van der Waals surface area (Å²) >= 11 is 5.85. The molecule has 2 rings (SSSR count). The van der Waals surface area contributed by atoms with Crippen LogP contribution in [-0.4, -0.2) is 20.4 Å². The number of rotatable bonds is 3. The normalized spacial score (nSPS) is 11.3. The van der Waals surface area contributed by atoms with Crippen LogP contribution in [-0.2, 0) is 10.0 Å². The first-order valence-electron chi connectivity index (χ1n) is 5.22. The van der Waals surface area contributed by atoms with E-state index in [0.717, 1.165) is 10.5 Å². The van der Waals surface area contributed by atoms with Crippen molar-refractivity contribution >= 4 is 27.3 Å². The van der Waals surface area contributed by atoms with Crippen molar-refractivity contribution in [2.45, 2.75) is 5.03 Å². The Morgan fingerprint density at radius 1 is 1.32 bits per heavy atom. The molecule has 0 saturated heterocycles. The van der Waals surface area contributed by atoms with Gasteiger partial charge in [0.15, 0.2) is 11.3 Å². The third-order valence-corrected chi connectivity index (χ3v) is 4.55. The molecule has 19 heavy (non-hydrogen) atoms. The highest BCUT2D eigenvalue weighted by Crippen LogP contribution is 2.25. The Morgan fingerprint density at radius 3 is 2.68 bits per heavy atom. The zero-order valence-electron chi connectivity index (χ0n) is 9.89. The average molecular weight is 300 g/mol. The van der Waals surface area contributed by atoms with E-state index in [9.17, 15) is 13.6 Å². The van der Waals surface area contributed by atoms with Crippen molar-refractivity contribution < 1.29 is 13.1 Å². The van der Waals surface area contributed by atoms with Crippen LogP contribution in [0.4, 0.5) is 5.69 Å². The first-order chi connectivity index (χ1) is 8.94. The van der Waals surface area contributed by atoms with Gasteiger partial charge in [-0.15, -0.1) is 0 Å². The molecule has 0 radical (unpaired) electrons. The van der Waals surface area contributed by atoms with Crippen molar-refractivity contribution in [1.82, 2.24) is 4.98 Å². The van der Waals surface area contributed by atoms with Crippen LogP contribution in [0.5, 0.6) is 0 Å². The Kier molecular flexibility index (Phi) is 3.59. The van der Waals surface area contributed by atoms with Crippen molar-refractivity contribution in [1.29, 1.82) is 0 Å². The molecule has 2 heterocycles. The van der Waals surface area contributed by atoms with Crippen LogP contribution in [0, 0.1) is 5.21 Å². The summed E-state index contributed by atoms with van der Waals surface area (Å²) in [4.78, 5) is 3.80. The molecule has 0 amide bonds. The summed E-state index contributed by atoms with van der Waals surface area (Å²) in [5, 5.41) is 11.2. The predicted molar refractivity (Wildman–Crippen MR) is 70.2 cm³/mol. The molecular formula is C11H10ClN3O3S. The van der Waals surface area contributed by atoms with Crippen molar-refractivity contribution in [2.75, 3.05) is 11.4 Å². The van der Waals surface area contributed by atoms with E-state index in [1.807, 2.05) is 0 Å². The molecule has 0 unspecified atom stereocenters. The molecule has 0 aromatic carbocycles. The standard InChI is InChI=1S/C11H10ClN3O3S/c1-14(9-5-4-7-13-11(9)12)19(17,18)10-6-2-3-8-15(10)16/h2-8H,1H3. The molecular weight excluding hydrogens is 290 g/mol. The molecule has 100 valence electrons. The number of pyridine rings is 2. The topological polar surface area (TPSA) is 77.2 Å². The van der Waals surface area contributed by atoms with E-state index in [-0.39, 0.29) is 20.6 Å². The minimum Gasteiger partial charge on any atom is -0.618 e. The van der Waals surface area contributed by atoms with Gasteiger partial charge in [-0.05, 0) is 18.2 Å². The van der Waals surface area contributed by atoms with Gasteiger partial charge in [-0.25, -0.2) is 4.98 Å². The lowest BCUT2D eigenvalue weighted by molar-refractivity contribution is -0.646. The van der Waals surface area contributed by atoms with E-state index in [4.69, 9.17) is 11.6 Å². The van der Waals surface area contributed by atoms with Gasteiger partial charge in [0, 0.05) is 25.4 Å². The van der Waals surface area contributed by atoms with Crippen molar-refractivity contribution in [2.24, 2.45) is 0 Å². The van der Waals surface area contributed by atoms with Gasteiger partial charge in [-0.1, -0.05) is 11.6 Å². The van der Waals surface area contributed by atoms with E-state index < -0.39 is 10.0 Å². The van der Waals surface area contributed by atoms with Crippen molar-refractivity contribution in [3.05, 3.63) is 53.1 Å². The Balaban J connectivity index is 2.52. The Morgan fingerprint density at radius 2 is 2.05 bits per heavy atom. The molecule has 0 aliphatic carbocycles. The van der Waals surface area contributed by atoms with Gasteiger partial charge < -0.3 is 5.21 Å². The summed E-state index contributed by atoms with van der Waals surface area (Å²) < 4.78 is 25.9. The van der Waals surface area contributed by atoms with Gasteiger partial charge in [0.1, 0.15) is 0 Å². The molecule has 0 saturated carbocycles. The first kappa shape index (κ1) is 13.6. The quantitative estimate of drug-likeness (QED) is 0.484. The molecule has 0 aliphatic rings. The minimum atomic E-state index is -3.99. The average Bonchev–Trinajstić information content (AvgIpc) is 2.39. The Hall–Kier alpha value is -1.86. The fourth-order valence-electron chi connectivity index (χ4n) is 1.49. The predicted octanol–water partition coefficient (Wildman–Crippen LogP) is 1.19. The molecule has 8 heteroatoms. The lowest BCUT2D eigenvalue weighted by Crippen LogP contribution is -2.39. The first-order valence-corrected chi connectivity index (χ1v) is 7.04. The largest absolute Gasteiger partial charge is 0.618 e. The number of hydrogen-bond donors (Lipinski definition) is 0. The van der Waals surface area contributed by atoms with E-state index in [1.54, 1.807) is 6.07 Å². The monoisotopic (exact) mass is 299 g/mol. The van der Waals surface area contributed by atoms with E-state index in [1.165, 1.54) is 37.5 Å². The maximum Gasteiger partial charge on any atom is 0.329 e. The summed E-state index contributed by atoms with van der Waals surface area (Å²) in [5.74, 6) is 0. The maximum absolute atomic E-state index is 12.3. The zero-order chi connectivity index (χ0) is 14.0. The SMILES string of the molecule is CN(c1cccnc1Cl)S(=O)(=O)c1cccc[n+]1[O-]. The van der Waals surface area contributed by atoms with Gasteiger partial charge in [0.2, 0.25) is 0 Å². The molecule has 0 fully saturated rings. The van der Waals surface area contributed by atoms with Crippen LogP contribution in [0.2, 0.25) is 5.15 Å². The lowest BCUT2D eigenvalue weighted by atomic mass is 10.4. The van der Waals surface area contributed by atoms with Gasteiger partial charge >= 0.3 is 15.0 Å². The van der Waals surface area contributed by atoms with Crippen LogP contribution >= 0.6 is 11.6 Å². The number of aromatic nitrogens is 2. The van der Waals surface area contributed by atoms with Crippen LogP contribution in [0.25, 0.3) is 0 Å². The molecule has 0 atom stereocenters. The Labute approximate surface area is 115 Å². The van der Waals surface area contributed by atoms with Gasteiger partial charge in [-0.3, -0.25) is 4.31 Å². The molecule has 0 N–H and O–H groups in total. The number of nitrogens with zero attached hydrogens (tertiary/aromatic N) is 3. The zero-order valence-corrected chi connectivity index (χ0v) is 11.5. The van der Waals surface area contributed by atoms with E-state index in [0.29, 0.717) is 0 Å². The smallest absolute Gasteiger partial charge is 0.329 e. The van der Waals surface area contributed by atoms with Gasteiger partial charge in [-0.2, -0.15) is 13.1 Å². The van der Waals surface area contributed by atoms with Crippen molar-refractivity contribution in [3.8, 4) is 0 Å². The number of anilines is 1. The maximum atomic E-state index is 12.3. The Bertz CT molecular complexity index is 706. The molecule has 0 bridgehead atoms. The highest BCUT2D eigenvalue weighted by molar-refractivity contribution is 7.92. The number of halogens is 1. The second-order valence-corrected chi connectivity index (χ2v) is 5.92. The molecule has 2 aromatic heterocycles.